The first-order chi connectivity index (χ1) is 15.6. The van der Waals surface area contributed by atoms with Crippen LogP contribution in [-0.2, 0) is 16.4 Å². The van der Waals surface area contributed by atoms with Crippen LogP contribution in [0.1, 0.15) is 30.4 Å². The van der Waals surface area contributed by atoms with Crippen molar-refractivity contribution in [3.05, 3.63) is 77.4 Å². The number of hydrogen-bond donors (Lipinski definition) is 0. The van der Waals surface area contributed by atoms with Crippen molar-refractivity contribution < 1.29 is 8.42 Å². The van der Waals surface area contributed by atoms with Gasteiger partial charge in [0.25, 0.3) is 10.0 Å². The van der Waals surface area contributed by atoms with E-state index in [1.165, 1.54) is 30.4 Å². The van der Waals surface area contributed by atoms with Gasteiger partial charge >= 0.3 is 0 Å². The second-order valence-corrected chi connectivity index (χ2v) is 11.2. The Kier molecular flexibility index (Phi) is 4.85. The molecule has 4 nitrogen and oxygen atoms in total. The van der Waals surface area contributed by atoms with Gasteiger partial charge in [-0.15, -0.1) is 0 Å². The van der Waals surface area contributed by atoms with Gasteiger partial charge in [0.1, 0.15) is 0 Å². The van der Waals surface area contributed by atoms with Crippen LogP contribution < -0.4 is 4.31 Å². The van der Waals surface area contributed by atoms with Crippen molar-refractivity contribution in [2.45, 2.75) is 30.6 Å². The maximum absolute atomic E-state index is 13.2. The molecule has 164 valence electrons. The molecule has 1 fully saturated rings. The Bertz CT molecular complexity index is 1320. The van der Waals surface area contributed by atoms with Gasteiger partial charge in [-0.2, -0.15) is 0 Å². The van der Waals surface area contributed by atoms with E-state index in [2.05, 4.69) is 35.2 Å². The maximum atomic E-state index is 13.2. The minimum Gasteiger partial charge on any atom is -0.302 e. The Morgan fingerprint density at radius 3 is 2.47 bits per heavy atom. The predicted molar refractivity (Wildman–Crippen MR) is 130 cm³/mol. The zero-order chi connectivity index (χ0) is 21.7. The van der Waals surface area contributed by atoms with Crippen molar-refractivity contribution >= 4 is 32.6 Å². The topological polar surface area (TPSA) is 40.6 Å². The molecular formula is C27H28N2O2S. The maximum Gasteiger partial charge on any atom is 0.265 e. The van der Waals surface area contributed by atoms with Gasteiger partial charge in [-0.25, -0.2) is 8.42 Å². The molecule has 1 saturated heterocycles. The molecule has 2 heterocycles. The third kappa shape index (κ3) is 3.35. The standard InChI is InChI=1S/C27H28N2O2S/c30-32(31)26-10-4-8-22-7-3-9-25(27(22)26)29(32)16-15-28-13-11-20(12-14-28)17-21-18-23-5-1-2-6-24(23)19-21/h1-10,18,20H,11-17,19H2. The van der Waals surface area contributed by atoms with Crippen LogP contribution in [0.15, 0.2) is 71.1 Å². The number of anilines is 1. The lowest BCUT2D eigenvalue weighted by Crippen LogP contribution is -2.40. The summed E-state index contributed by atoms with van der Waals surface area (Å²) >= 11 is 0. The highest BCUT2D eigenvalue weighted by Gasteiger charge is 2.35. The van der Waals surface area contributed by atoms with Gasteiger partial charge in [0, 0.05) is 18.5 Å². The van der Waals surface area contributed by atoms with E-state index in [1.807, 2.05) is 30.3 Å². The number of hydrogen-bond acceptors (Lipinski definition) is 3. The first-order valence-electron chi connectivity index (χ1n) is 11.6. The van der Waals surface area contributed by atoms with Crippen LogP contribution in [0.4, 0.5) is 5.69 Å². The summed E-state index contributed by atoms with van der Waals surface area (Å²) < 4.78 is 28.0. The number of allylic oxidation sites excluding steroid dienone is 1. The lowest BCUT2D eigenvalue weighted by atomic mass is 9.89. The van der Waals surface area contributed by atoms with Crippen molar-refractivity contribution in [1.29, 1.82) is 0 Å². The Morgan fingerprint density at radius 1 is 0.875 bits per heavy atom. The lowest BCUT2D eigenvalue weighted by Gasteiger charge is -2.33. The molecule has 0 saturated carbocycles. The predicted octanol–water partition coefficient (Wildman–Crippen LogP) is 5.09. The van der Waals surface area contributed by atoms with Gasteiger partial charge in [0.15, 0.2) is 0 Å². The Balaban J connectivity index is 1.07. The van der Waals surface area contributed by atoms with Crippen molar-refractivity contribution in [3.8, 4) is 0 Å². The third-order valence-electron chi connectivity index (χ3n) is 7.39. The number of likely N-dealkylation sites (tertiary alicyclic amines) is 1. The zero-order valence-corrected chi connectivity index (χ0v) is 19.0. The van der Waals surface area contributed by atoms with E-state index in [0.717, 1.165) is 48.4 Å². The fourth-order valence-corrected chi connectivity index (χ4v) is 7.40. The average molecular weight is 445 g/mol. The number of piperidine rings is 1. The van der Waals surface area contributed by atoms with Crippen LogP contribution in [0.3, 0.4) is 0 Å². The number of nitrogens with zero attached hydrogens (tertiary/aromatic N) is 2. The molecule has 1 aliphatic carbocycles. The quantitative estimate of drug-likeness (QED) is 0.550. The summed E-state index contributed by atoms with van der Waals surface area (Å²) in [4.78, 5) is 2.89. The highest BCUT2D eigenvalue weighted by atomic mass is 32.2. The van der Waals surface area contributed by atoms with Gasteiger partial charge in [-0.05, 0) is 73.3 Å². The summed E-state index contributed by atoms with van der Waals surface area (Å²) in [5.74, 6) is 0.736. The van der Waals surface area contributed by atoms with E-state index in [4.69, 9.17) is 0 Å². The van der Waals surface area contributed by atoms with Crippen LogP contribution in [-0.4, -0.2) is 39.5 Å². The summed E-state index contributed by atoms with van der Waals surface area (Å²) in [5, 5.41) is 1.87. The van der Waals surface area contributed by atoms with Gasteiger partial charge < -0.3 is 4.90 Å². The molecule has 0 atom stereocenters. The second kappa shape index (κ2) is 7.75. The van der Waals surface area contributed by atoms with Crippen molar-refractivity contribution in [2.75, 3.05) is 30.5 Å². The average Bonchev–Trinajstić information content (AvgIpc) is 3.31. The third-order valence-corrected chi connectivity index (χ3v) is 9.25. The minimum absolute atomic E-state index is 0.454. The van der Waals surface area contributed by atoms with E-state index in [9.17, 15) is 8.42 Å². The monoisotopic (exact) mass is 444 g/mol. The Morgan fingerprint density at radius 2 is 1.66 bits per heavy atom. The zero-order valence-electron chi connectivity index (χ0n) is 18.2. The highest BCUT2D eigenvalue weighted by Crippen LogP contribution is 2.42. The Hall–Kier alpha value is -2.63. The second-order valence-electron chi connectivity index (χ2n) is 9.38. The molecule has 3 aliphatic rings. The largest absolute Gasteiger partial charge is 0.302 e. The number of rotatable bonds is 5. The van der Waals surface area contributed by atoms with Gasteiger partial charge in [-0.3, -0.25) is 4.31 Å². The summed E-state index contributed by atoms with van der Waals surface area (Å²) in [6.07, 6.45) is 7.07. The molecule has 0 aromatic heterocycles. The van der Waals surface area contributed by atoms with Crippen molar-refractivity contribution in [1.82, 2.24) is 4.90 Å². The molecule has 0 spiro atoms. The van der Waals surface area contributed by atoms with Gasteiger partial charge in [0.05, 0.1) is 10.6 Å². The normalized spacial score (nSPS) is 20.0. The minimum atomic E-state index is -3.45. The van der Waals surface area contributed by atoms with Gasteiger partial charge in [0.2, 0.25) is 0 Å². The van der Waals surface area contributed by atoms with Crippen molar-refractivity contribution in [3.63, 3.8) is 0 Å². The molecule has 0 bridgehead atoms. The summed E-state index contributed by atoms with van der Waals surface area (Å²) in [6, 6.07) is 20.2. The van der Waals surface area contributed by atoms with E-state index in [0.29, 0.717) is 11.4 Å². The smallest absolute Gasteiger partial charge is 0.265 e. The Labute approximate surface area is 190 Å². The fourth-order valence-electron chi connectivity index (χ4n) is 5.70. The van der Waals surface area contributed by atoms with E-state index in [1.54, 1.807) is 15.9 Å². The fraction of sp³-hybridized carbons (Fsp3) is 0.333. The number of fused-ring (bicyclic) bond motifs is 1. The van der Waals surface area contributed by atoms with Crippen molar-refractivity contribution in [2.24, 2.45) is 5.92 Å². The van der Waals surface area contributed by atoms with Crippen LogP contribution in [0.2, 0.25) is 0 Å². The molecule has 5 heteroatoms. The summed E-state index contributed by atoms with van der Waals surface area (Å²) in [6.45, 7) is 3.40. The number of benzene rings is 3. The van der Waals surface area contributed by atoms with E-state index < -0.39 is 10.0 Å². The molecule has 0 radical (unpaired) electrons. The first-order valence-corrected chi connectivity index (χ1v) is 13.1. The van der Waals surface area contributed by atoms with E-state index in [-0.39, 0.29) is 0 Å². The number of sulfonamides is 1. The molecule has 0 N–H and O–H groups in total. The molecule has 0 unspecified atom stereocenters. The van der Waals surface area contributed by atoms with Gasteiger partial charge in [-0.1, -0.05) is 60.2 Å². The molecule has 3 aromatic rings. The lowest BCUT2D eigenvalue weighted by molar-refractivity contribution is 0.188. The molecule has 6 rings (SSSR count). The molecule has 32 heavy (non-hydrogen) atoms. The summed E-state index contributed by atoms with van der Waals surface area (Å²) in [7, 11) is -3.45. The molecule has 0 amide bonds. The first kappa shape index (κ1) is 20.0. The molecule has 3 aromatic carbocycles. The van der Waals surface area contributed by atoms with E-state index >= 15 is 0 Å². The van der Waals surface area contributed by atoms with Crippen LogP contribution in [0.25, 0.3) is 16.8 Å². The van der Waals surface area contributed by atoms with Crippen LogP contribution in [0, 0.1) is 5.92 Å². The molecular weight excluding hydrogens is 416 g/mol. The van der Waals surface area contributed by atoms with Crippen LogP contribution >= 0.6 is 0 Å². The van der Waals surface area contributed by atoms with Crippen LogP contribution in [0.5, 0.6) is 0 Å². The SMILES string of the molecule is O=S1(=O)c2cccc3cccc(c23)N1CCN1CCC(CC2=Cc3ccccc3C2)CC1. The summed E-state index contributed by atoms with van der Waals surface area (Å²) in [5.41, 5.74) is 5.25. The highest BCUT2D eigenvalue weighted by molar-refractivity contribution is 7.93. The molecule has 2 aliphatic heterocycles.